The molecular weight excluding hydrogens is 965 g/mol. The van der Waals surface area contributed by atoms with E-state index in [0.29, 0.717) is 12.8 Å². The van der Waals surface area contributed by atoms with Crippen LogP contribution in [0.4, 0.5) is 9.59 Å². The third kappa shape index (κ3) is 15.7. The molecule has 0 saturated heterocycles. The van der Waals surface area contributed by atoms with Crippen LogP contribution in [0.1, 0.15) is 99.3 Å². The number of aliphatic carboxylic acids is 2. The molecule has 0 spiro atoms. The number of nitrogens with one attached hydrogen (secondary N) is 6. The summed E-state index contributed by atoms with van der Waals surface area (Å²) in [6.07, 6.45) is -2.33. The van der Waals surface area contributed by atoms with Crippen molar-refractivity contribution in [1.29, 1.82) is 0 Å². The lowest BCUT2D eigenvalue weighted by Gasteiger charge is -2.25. The van der Waals surface area contributed by atoms with Crippen LogP contribution in [0, 0.1) is 0 Å². The van der Waals surface area contributed by atoms with Crippen LogP contribution in [0.15, 0.2) is 97.1 Å². The molecule has 0 bridgehead atoms. The van der Waals surface area contributed by atoms with Gasteiger partial charge in [0, 0.05) is 50.0 Å². The number of hydrogen-bond acceptors (Lipinski definition) is 12. The van der Waals surface area contributed by atoms with E-state index < -0.39 is 72.2 Å². The van der Waals surface area contributed by atoms with Gasteiger partial charge in [-0.2, -0.15) is 0 Å². The largest absolute Gasteiger partial charge is 0.481 e. The maximum atomic E-state index is 13.8. The van der Waals surface area contributed by atoms with Crippen molar-refractivity contribution in [2.45, 2.75) is 101 Å². The number of benzene rings is 4. The normalized spacial score (nSPS) is 13.9. The lowest BCUT2D eigenvalue weighted by Crippen LogP contribution is -2.55. The summed E-state index contributed by atoms with van der Waals surface area (Å²) >= 11 is 0. The number of fused-ring (bicyclic) bond motifs is 6. The highest BCUT2D eigenvalue weighted by atomic mass is 33.1. The summed E-state index contributed by atoms with van der Waals surface area (Å²) < 4.78 is 11.4. The third-order valence-corrected chi connectivity index (χ3v) is 14.5. The molecule has 2 aliphatic rings. The Morgan fingerprint density at radius 2 is 0.792 bits per heavy atom. The number of carbonyl (C=O) groups is 8. The quantitative estimate of drug-likeness (QED) is 0.0177. The molecule has 2 unspecified atom stereocenters. The fourth-order valence-corrected chi connectivity index (χ4v) is 11.1. The summed E-state index contributed by atoms with van der Waals surface area (Å²) in [5, 5.41) is 34.5. The van der Waals surface area contributed by atoms with Crippen molar-refractivity contribution in [3.63, 3.8) is 0 Å². The Bertz CT molecular complexity index is 2330. The first kappa shape index (κ1) is 54.3. The highest BCUT2D eigenvalue weighted by Crippen LogP contribution is 2.45. The van der Waals surface area contributed by atoms with Gasteiger partial charge in [0.25, 0.3) is 0 Å². The van der Waals surface area contributed by atoms with E-state index in [4.69, 9.17) is 9.47 Å². The van der Waals surface area contributed by atoms with Crippen molar-refractivity contribution in [3.8, 4) is 22.3 Å². The van der Waals surface area contributed by atoms with Crippen LogP contribution in [-0.4, -0.2) is 107 Å². The molecule has 6 rings (SSSR count). The molecule has 0 aromatic heterocycles. The number of rotatable bonds is 27. The molecule has 0 fully saturated rings. The molecule has 4 atom stereocenters. The molecule has 6 amide bonds. The molecule has 0 aliphatic heterocycles. The summed E-state index contributed by atoms with van der Waals surface area (Å²) in [6.45, 7) is 2.51. The zero-order valence-electron chi connectivity index (χ0n) is 40.0. The highest BCUT2D eigenvalue weighted by molar-refractivity contribution is 8.76. The molecule has 20 heteroatoms. The fraction of sp³-hybridized carbons (Fsp3) is 0.385. The second kappa shape index (κ2) is 27.0. The average Bonchev–Trinajstić information content (AvgIpc) is 3.84. The lowest BCUT2D eigenvalue weighted by atomic mass is 9.98. The van der Waals surface area contributed by atoms with Crippen molar-refractivity contribution >= 4 is 69.3 Å². The van der Waals surface area contributed by atoms with Crippen molar-refractivity contribution < 1.29 is 58.0 Å². The van der Waals surface area contributed by atoms with Gasteiger partial charge in [-0.3, -0.25) is 28.8 Å². The molecule has 4 aromatic carbocycles. The van der Waals surface area contributed by atoms with Crippen LogP contribution in [0.3, 0.4) is 0 Å². The van der Waals surface area contributed by atoms with Gasteiger partial charge in [0.1, 0.15) is 37.6 Å². The van der Waals surface area contributed by atoms with Crippen LogP contribution >= 0.6 is 21.6 Å². The van der Waals surface area contributed by atoms with E-state index >= 15 is 0 Å². The van der Waals surface area contributed by atoms with Gasteiger partial charge in [0.2, 0.25) is 23.6 Å². The molecule has 0 saturated carbocycles. The fourth-order valence-electron chi connectivity index (χ4n) is 8.81. The maximum Gasteiger partial charge on any atom is 0.408 e. The number of hydrogen-bond donors (Lipinski definition) is 8. The van der Waals surface area contributed by atoms with Gasteiger partial charge in [-0.15, -0.1) is 0 Å². The number of alkyl carbamates (subject to hydrolysis) is 2. The lowest BCUT2D eigenvalue weighted by molar-refractivity contribution is -0.138. The Morgan fingerprint density at radius 1 is 0.472 bits per heavy atom. The predicted octanol–water partition coefficient (Wildman–Crippen LogP) is 6.63. The monoisotopic (exact) mass is 1020 g/mol. The zero-order valence-corrected chi connectivity index (χ0v) is 41.6. The van der Waals surface area contributed by atoms with Crippen molar-refractivity contribution in [2.24, 2.45) is 0 Å². The predicted molar refractivity (Wildman–Crippen MR) is 273 cm³/mol. The minimum absolute atomic E-state index is 0.0158. The van der Waals surface area contributed by atoms with Crippen LogP contribution < -0.4 is 31.9 Å². The van der Waals surface area contributed by atoms with Gasteiger partial charge in [-0.05, 0) is 83.0 Å². The van der Waals surface area contributed by atoms with Gasteiger partial charge in [-0.25, -0.2) is 9.59 Å². The summed E-state index contributed by atoms with van der Waals surface area (Å²) in [4.78, 5) is 101. The molecule has 4 aromatic rings. The van der Waals surface area contributed by atoms with Gasteiger partial charge in [0.15, 0.2) is 0 Å². The van der Waals surface area contributed by atoms with Gasteiger partial charge in [0.05, 0.1) is 0 Å². The molecule has 382 valence electrons. The Hall–Kier alpha value is -7.06. The average molecular weight is 1030 g/mol. The summed E-state index contributed by atoms with van der Waals surface area (Å²) in [7, 11) is 2.25. The van der Waals surface area contributed by atoms with Crippen molar-refractivity contribution in [3.05, 3.63) is 119 Å². The molecule has 8 N–H and O–H groups in total. The zero-order chi connectivity index (χ0) is 51.6. The van der Waals surface area contributed by atoms with E-state index in [0.717, 1.165) is 66.1 Å². The van der Waals surface area contributed by atoms with Gasteiger partial charge >= 0.3 is 24.1 Å². The van der Waals surface area contributed by atoms with Crippen molar-refractivity contribution in [1.82, 2.24) is 31.9 Å². The van der Waals surface area contributed by atoms with Crippen LogP contribution in [-0.2, 0) is 38.2 Å². The second-order valence-electron chi connectivity index (χ2n) is 17.4. The Balaban J connectivity index is 1.04. The second-order valence-corrected chi connectivity index (χ2v) is 20.0. The maximum absolute atomic E-state index is 13.8. The minimum atomic E-state index is -1.13. The number of carboxylic acid groups (broad SMARTS) is 2. The molecule has 72 heavy (non-hydrogen) atoms. The summed E-state index contributed by atoms with van der Waals surface area (Å²) in [5.41, 5.74) is 8.26. The molecule has 2 aliphatic carbocycles. The van der Waals surface area contributed by atoms with Crippen molar-refractivity contribution in [2.75, 3.05) is 24.7 Å². The number of carboxylic acids is 2. The van der Waals surface area contributed by atoms with E-state index in [9.17, 15) is 48.6 Å². The van der Waals surface area contributed by atoms with E-state index in [1.54, 1.807) is 0 Å². The molecular formula is C52H60N6O12S2. The Morgan fingerprint density at radius 3 is 1.10 bits per heavy atom. The van der Waals surface area contributed by atoms with E-state index in [-0.39, 0.29) is 75.1 Å². The number of unbranched alkanes of at least 4 members (excludes halogenated alkanes) is 2. The van der Waals surface area contributed by atoms with Gasteiger partial charge < -0.3 is 51.6 Å². The third-order valence-electron chi connectivity index (χ3n) is 12.1. The SMILES string of the molecule is CC(=O)N[C@@H](CSSC[C@H](NC(C)=O)C(=O)NC(CCCCC(=O)O)NC(=O)OCC1c2ccccc2-c2ccccc21)C(=O)NC(CCCCC(=O)O)NC(=O)OCC1c2ccccc2-c2ccccc21. The number of ether oxygens (including phenoxy) is 2. The molecule has 0 radical (unpaired) electrons. The smallest absolute Gasteiger partial charge is 0.408 e. The summed E-state index contributed by atoms with van der Waals surface area (Å²) in [5.74, 6) is -4.78. The van der Waals surface area contributed by atoms with Gasteiger partial charge in [-0.1, -0.05) is 119 Å². The Kier molecular flexibility index (Phi) is 20.3. The van der Waals surface area contributed by atoms with Crippen LogP contribution in [0.5, 0.6) is 0 Å². The topological polar surface area (TPSA) is 268 Å². The van der Waals surface area contributed by atoms with E-state index in [1.165, 1.54) is 13.8 Å². The van der Waals surface area contributed by atoms with E-state index in [1.807, 2.05) is 97.1 Å². The number of amides is 6. The molecule has 18 nitrogen and oxygen atoms in total. The van der Waals surface area contributed by atoms with Crippen LogP contribution in [0.2, 0.25) is 0 Å². The summed E-state index contributed by atoms with van der Waals surface area (Å²) in [6, 6.07) is 29.2. The minimum Gasteiger partial charge on any atom is -0.481 e. The highest BCUT2D eigenvalue weighted by Gasteiger charge is 2.32. The standard InChI is InChI=1S/C52H60N6O12S2/c1-31(59)53-43(49(65)55-45(23-11-13-25-47(61)62)57-51(67)69-27-41-37-19-7-3-15-33(37)34-16-4-8-20-38(34)41)29-71-72-30-44(54-32(2)60)50(66)56-46(24-12-14-26-48(63)64)58-52(68)70-28-42-39-21-9-5-17-35(39)36-18-6-10-22-40(36)42/h3-10,15-22,41-46H,11-14,23-30H2,1-2H3,(H,53,59)(H,54,60)(H,55,65)(H,56,66)(H,57,67)(H,58,68)(H,61,62)(H,63,64)/t43-,44-,45?,46?/m0/s1. The number of carbonyl (C=O) groups excluding carboxylic acids is 6. The first-order valence-electron chi connectivity index (χ1n) is 23.7. The Labute approximate surface area is 425 Å². The van der Waals surface area contributed by atoms with E-state index in [2.05, 4.69) is 31.9 Å². The molecule has 0 heterocycles. The first-order valence-corrected chi connectivity index (χ1v) is 26.2. The first-order chi connectivity index (χ1) is 34.7. The van der Waals surface area contributed by atoms with Crippen LogP contribution in [0.25, 0.3) is 22.3 Å².